The van der Waals surface area contributed by atoms with Gasteiger partial charge in [-0.3, -0.25) is 4.79 Å². The number of hydrogen-bond donors (Lipinski definition) is 1. The number of rotatable bonds is 9. The molecule has 3 rings (SSSR count). The number of amides is 1. The average molecular weight is 411 g/mol. The van der Waals surface area contributed by atoms with Crippen molar-refractivity contribution in [1.29, 1.82) is 0 Å². The summed E-state index contributed by atoms with van der Waals surface area (Å²) >= 11 is 0. The van der Waals surface area contributed by atoms with E-state index in [4.69, 9.17) is 9.47 Å². The molecular formula is C25H34N2O3. The molecule has 5 heteroatoms. The van der Waals surface area contributed by atoms with Gasteiger partial charge in [0.2, 0.25) is 0 Å². The molecular weight excluding hydrogens is 376 g/mol. The van der Waals surface area contributed by atoms with Crippen molar-refractivity contribution < 1.29 is 14.3 Å². The van der Waals surface area contributed by atoms with Crippen LogP contribution in [0.1, 0.15) is 53.7 Å². The second-order valence-corrected chi connectivity index (χ2v) is 8.05. The molecule has 1 fully saturated rings. The minimum atomic E-state index is -0.0590. The lowest BCUT2D eigenvalue weighted by molar-refractivity contribution is 0.0936. The van der Waals surface area contributed by atoms with Crippen LogP contribution in [0, 0.1) is 12.8 Å². The Morgan fingerprint density at radius 2 is 2.00 bits per heavy atom. The Morgan fingerprint density at radius 3 is 2.67 bits per heavy atom. The van der Waals surface area contributed by atoms with Gasteiger partial charge in [-0.05, 0) is 49.4 Å². The zero-order valence-electron chi connectivity index (χ0n) is 18.5. The number of ether oxygens (including phenoxy) is 2. The van der Waals surface area contributed by atoms with E-state index in [9.17, 15) is 4.79 Å². The maximum absolute atomic E-state index is 12.9. The zero-order valence-corrected chi connectivity index (χ0v) is 18.5. The number of carbonyl (C=O) groups excluding carboxylic acids is 1. The van der Waals surface area contributed by atoms with E-state index in [1.807, 2.05) is 37.3 Å². The Balaban J connectivity index is 2.04. The number of aromatic nitrogens is 1. The lowest BCUT2D eigenvalue weighted by Crippen LogP contribution is -2.27. The van der Waals surface area contributed by atoms with Gasteiger partial charge in [-0.2, -0.15) is 0 Å². The van der Waals surface area contributed by atoms with Crippen LogP contribution in [0.3, 0.4) is 0 Å². The van der Waals surface area contributed by atoms with Gasteiger partial charge in [0.05, 0.1) is 19.3 Å². The highest BCUT2D eigenvalue weighted by Gasteiger charge is 2.23. The molecule has 1 aromatic carbocycles. The lowest BCUT2D eigenvalue weighted by Gasteiger charge is -2.24. The van der Waals surface area contributed by atoms with E-state index in [1.54, 1.807) is 14.2 Å². The number of nitrogens with zero attached hydrogens (tertiary/aromatic N) is 1. The second-order valence-electron chi connectivity index (χ2n) is 8.05. The zero-order chi connectivity index (χ0) is 21.5. The first-order valence-electron chi connectivity index (χ1n) is 10.9. The Hall–Kier alpha value is -2.53. The largest absolute Gasteiger partial charge is 0.497 e. The summed E-state index contributed by atoms with van der Waals surface area (Å²) in [4.78, 5) is 12.9. The topological polar surface area (TPSA) is 52.5 Å². The van der Waals surface area contributed by atoms with Crippen LogP contribution in [0.5, 0.6) is 5.75 Å². The molecule has 0 spiro atoms. The van der Waals surface area contributed by atoms with Crippen LogP contribution >= 0.6 is 0 Å². The molecule has 30 heavy (non-hydrogen) atoms. The van der Waals surface area contributed by atoms with E-state index in [2.05, 4.69) is 16.5 Å². The Morgan fingerprint density at radius 1 is 1.23 bits per heavy atom. The van der Waals surface area contributed by atoms with Crippen LogP contribution < -0.4 is 10.1 Å². The highest BCUT2D eigenvalue weighted by atomic mass is 16.5. The maximum Gasteiger partial charge on any atom is 0.253 e. The van der Waals surface area contributed by atoms with Gasteiger partial charge in [-0.25, -0.2) is 0 Å². The van der Waals surface area contributed by atoms with Gasteiger partial charge in [0.25, 0.3) is 5.91 Å². The first-order chi connectivity index (χ1) is 14.6. The number of carbonyl (C=O) groups is 1. The fourth-order valence-corrected chi connectivity index (χ4v) is 4.39. The van der Waals surface area contributed by atoms with Gasteiger partial charge in [0.15, 0.2) is 0 Å². The number of benzene rings is 1. The molecule has 0 bridgehead atoms. The predicted octanol–water partition coefficient (Wildman–Crippen LogP) is 5.07. The second kappa shape index (κ2) is 10.5. The van der Waals surface area contributed by atoms with Crippen molar-refractivity contribution in [3.8, 4) is 17.0 Å². The molecule has 1 N–H and O–H groups in total. The Kier molecular flexibility index (Phi) is 7.75. The van der Waals surface area contributed by atoms with Crippen LogP contribution in [0.15, 0.2) is 30.8 Å². The smallest absolute Gasteiger partial charge is 0.253 e. The fraction of sp³-hybridized carbons (Fsp3) is 0.480. The van der Waals surface area contributed by atoms with Crippen molar-refractivity contribution in [2.24, 2.45) is 5.92 Å². The van der Waals surface area contributed by atoms with Crippen molar-refractivity contribution in [2.45, 2.75) is 45.6 Å². The van der Waals surface area contributed by atoms with Crippen molar-refractivity contribution in [3.63, 3.8) is 0 Å². The lowest BCUT2D eigenvalue weighted by atomic mass is 9.89. The minimum Gasteiger partial charge on any atom is -0.497 e. The van der Waals surface area contributed by atoms with Gasteiger partial charge in [-0.15, -0.1) is 0 Å². The number of methoxy groups -OCH3 is 2. The van der Waals surface area contributed by atoms with Crippen molar-refractivity contribution in [3.05, 3.63) is 47.7 Å². The van der Waals surface area contributed by atoms with Crippen LogP contribution in [-0.2, 0) is 11.3 Å². The monoisotopic (exact) mass is 410 g/mol. The molecule has 2 aromatic rings. The van der Waals surface area contributed by atoms with Gasteiger partial charge >= 0.3 is 0 Å². The summed E-state index contributed by atoms with van der Waals surface area (Å²) in [6.07, 6.45) is 8.28. The van der Waals surface area contributed by atoms with Crippen LogP contribution in [-0.4, -0.2) is 37.8 Å². The molecule has 1 heterocycles. The van der Waals surface area contributed by atoms with Crippen molar-refractivity contribution >= 4 is 12.0 Å². The summed E-state index contributed by atoms with van der Waals surface area (Å²) in [6, 6.07) is 8.02. The maximum atomic E-state index is 12.9. The molecule has 5 nitrogen and oxygen atoms in total. The molecule has 1 amide bonds. The molecule has 0 aliphatic heterocycles. The molecule has 1 aromatic heterocycles. The third kappa shape index (κ3) is 4.96. The van der Waals surface area contributed by atoms with Gasteiger partial charge < -0.3 is 19.4 Å². The SMILES string of the molecule is C=Cc1ccc(OC)cc1-c1cc(C(=O)NCCOC)c(C)n1CC1CCCCC1. The summed E-state index contributed by atoms with van der Waals surface area (Å²) in [5.74, 6) is 1.38. The number of nitrogens with one attached hydrogen (secondary N) is 1. The quantitative estimate of drug-likeness (QED) is 0.587. The van der Waals surface area contributed by atoms with Crippen LogP contribution in [0.4, 0.5) is 0 Å². The third-order valence-corrected chi connectivity index (χ3v) is 6.12. The molecule has 1 saturated carbocycles. The van der Waals surface area contributed by atoms with Gasteiger partial charge in [0, 0.05) is 37.2 Å². The van der Waals surface area contributed by atoms with E-state index >= 15 is 0 Å². The predicted molar refractivity (Wildman–Crippen MR) is 122 cm³/mol. The van der Waals surface area contributed by atoms with Crippen molar-refractivity contribution in [1.82, 2.24) is 9.88 Å². The Labute approximate surface area is 180 Å². The molecule has 1 aliphatic carbocycles. The van der Waals surface area contributed by atoms with Crippen molar-refractivity contribution in [2.75, 3.05) is 27.4 Å². The third-order valence-electron chi connectivity index (χ3n) is 6.12. The highest BCUT2D eigenvalue weighted by Crippen LogP contribution is 2.34. The van der Waals surface area contributed by atoms with Gasteiger partial charge in [0.1, 0.15) is 5.75 Å². The minimum absolute atomic E-state index is 0.0590. The summed E-state index contributed by atoms with van der Waals surface area (Å²) in [5, 5.41) is 2.97. The summed E-state index contributed by atoms with van der Waals surface area (Å²) in [5.41, 5.74) is 4.84. The molecule has 0 radical (unpaired) electrons. The van der Waals surface area contributed by atoms with Crippen LogP contribution in [0.2, 0.25) is 0 Å². The standard InChI is InChI=1S/C25H34N2O3/c1-5-20-11-12-21(30-4)15-23(20)24-16-22(25(28)26-13-14-29-3)18(2)27(24)17-19-9-7-6-8-10-19/h5,11-12,15-16,19H,1,6-10,13-14,17H2,2-4H3,(H,26,28). The Bertz CT molecular complexity index is 879. The number of hydrogen-bond acceptors (Lipinski definition) is 3. The normalized spacial score (nSPS) is 14.5. The average Bonchev–Trinajstić information content (AvgIpc) is 3.10. The fourth-order valence-electron chi connectivity index (χ4n) is 4.39. The van der Waals surface area contributed by atoms with E-state index < -0.39 is 0 Å². The molecule has 0 saturated heterocycles. The van der Waals surface area contributed by atoms with E-state index in [0.717, 1.165) is 40.4 Å². The van der Waals surface area contributed by atoms with E-state index in [0.29, 0.717) is 19.1 Å². The summed E-state index contributed by atoms with van der Waals surface area (Å²) < 4.78 is 12.9. The van der Waals surface area contributed by atoms with Gasteiger partial charge in [-0.1, -0.05) is 38.0 Å². The molecule has 1 aliphatic rings. The first-order valence-corrected chi connectivity index (χ1v) is 10.9. The highest BCUT2D eigenvalue weighted by molar-refractivity contribution is 5.97. The van der Waals surface area contributed by atoms with E-state index in [1.165, 1.54) is 32.1 Å². The summed E-state index contributed by atoms with van der Waals surface area (Å²) in [6.45, 7) is 7.96. The molecule has 162 valence electrons. The van der Waals surface area contributed by atoms with Crippen LogP contribution in [0.25, 0.3) is 17.3 Å². The first kappa shape index (κ1) is 22.2. The summed E-state index contributed by atoms with van der Waals surface area (Å²) in [7, 11) is 3.31. The molecule has 0 atom stereocenters. The molecule has 0 unspecified atom stereocenters. The van der Waals surface area contributed by atoms with E-state index in [-0.39, 0.29) is 5.91 Å².